The summed E-state index contributed by atoms with van der Waals surface area (Å²) in [7, 11) is -3.85. The van der Waals surface area contributed by atoms with Crippen LogP contribution >= 0.6 is 0 Å². The van der Waals surface area contributed by atoms with Crippen molar-refractivity contribution in [3.63, 3.8) is 0 Å². The quantitative estimate of drug-likeness (QED) is 0.888. The Bertz CT molecular complexity index is 816. The van der Waals surface area contributed by atoms with Crippen molar-refractivity contribution < 1.29 is 26.4 Å². The predicted molar refractivity (Wildman–Crippen MR) is 75.0 cm³/mol. The van der Waals surface area contributed by atoms with Gasteiger partial charge in [0.2, 0.25) is 10.0 Å². The van der Waals surface area contributed by atoms with Crippen LogP contribution in [-0.2, 0) is 16.2 Å². The molecule has 122 valence electrons. The molecule has 1 aromatic carbocycles. The minimum Gasteiger partial charge on any atom is -0.322 e. The van der Waals surface area contributed by atoms with E-state index in [9.17, 15) is 26.4 Å². The fraction of sp³-hybridized carbons (Fsp3) is 0.0769. The number of aromatic nitrogens is 1. The average Bonchev–Trinajstić information content (AvgIpc) is 2.46. The molecule has 0 bridgehead atoms. The van der Waals surface area contributed by atoms with Gasteiger partial charge in [-0.2, -0.15) is 13.2 Å². The van der Waals surface area contributed by atoms with Crippen LogP contribution in [0.4, 0.5) is 18.9 Å². The minimum absolute atomic E-state index is 0.0754. The number of hydrogen-bond acceptors (Lipinski definition) is 4. The van der Waals surface area contributed by atoms with Gasteiger partial charge in [-0.3, -0.25) is 9.78 Å². The molecule has 0 aliphatic heterocycles. The summed E-state index contributed by atoms with van der Waals surface area (Å²) in [5, 5.41) is 7.33. The van der Waals surface area contributed by atoms with Crippen LogP contribution in [0.1, 0.15) is 16.1 Å². The summed E-state index contributed by atoms with van der Waals surface area (Å²) < 4.78 is 59.3. The molecule has 0 spiro atoms. The van der Waals surface area contributed by atoms with Crippen molar-refractivity contribution in [2.75, 3.05) is 5.32 Å². The SMILES string of the molecule is NS(=O)(=O)c1ccc(NC(=O)c2ccc(C(F)(F)F)nc2)cc1. The van der Waals surface area contributed by atoms with Crippen molar-refractivity contribution in [1.29, 1.82) is 0 Å². The molecule has 1 heterocycles. The number of benzene rings is 1. The highest BCUT2D eigenvalue weighted by Crippen LogP contribution is 2.27. The van der Waals surface area contributed by atoms with E-state index in [4.69, 9.17) is 5.14 Å². The number of sulfonamides is 1. The topological polar surface area (TPSA) is 102 Å². The van der Waals surface area contributed by atoms with Gasteiger partial charge in [0.05, 0.1) is 10.5 Å². The van der Waals surface area contributed by atoms with E-state index in [0.29, 0.717) is 6.07 Å². The fourth-order valence-electron chi connectivity index (χ4n) is 1.63. The molecule has 1 amide bonds. The van der Waals surface area contributed by atoms with E-state index in [1.165, 1.54) is 24.3 Å². The van der Waals surface area contributed by atoms with Crippen molar-refractivity contribution in [1.82, 2.24) is 4.98 Å². The number of primary sulfonamides is 1. The van der Waals surface area contributed by atoms with Crippen LogP contribution in [0.5, 0.6) is 0 Å². The number of carbonyl (C=O) groups excluding carboxylic acids is 1. The van der Waals surface area contributed by atoms with Crippen LogP contribution in [0.2, 0.25) is 0 Å². The number of nitrogens with one attached hydrogen (secondary N) is 1. The summed E-state index contributed by atoms with van der Waals surface area (Å²) in [6.07, 6.45) is -3.78. The second-order valence-electron chi connectivity index (χ2n) is 4.45. The lowest BCUT2D eigenvalue weighted by molar-refractivity contribution is -0.141. The third-order valence-corrected chi connectivity index (χ3v) is 3.69. The molecular formula is C13H10F3N3O3S. The Morgan fingerprint density at radius 1 is 1.09 bits per heavy atom. The lowest BCUT2D eigenvalue weighted by Gasteiger charge is -2.08. The molecule has 0 saturated carbocycles. The van der Waals surface area contributed by atoms with Gasteiger partial charge in [0.25, 0.3) is 5.91 Å². The second kappa shape index (κ2) is 5.97. The molecule has 0 atom stereocenters. The van der Waals surface area contributed by atoms with Crippen molar-refractivity contribution >= 4 is 21.6 Å². The maximum absolute atomic E-state index is 12.4. The van der Waals surface area contributed by atoms with Gasteiger partial charge in [-0.25, -0.2) is 13.6 Å². The standard InChI is InChI=1S/C13H10F3N3O3S/c14-13(15,16)11-6-1-8(7-18-11)12(20)19-9-2-4-10(5-3-9)23(17,21)22/h1-7H,(H,19,20)(H2,17,21,22). The Morgan fingerprint density at radius 3 is 2.13 bits per heavy atom. The lowest BCUT2D eigenvalue weighted by atomic mass is 10.2. The predicted octanol–water partition coefficient (Wildman–Crippen LogP) is 2.00. The normalized spacial score (nSPS) is 12.0. The molecule has 0 fully saturated rings. The van der Waals surface area contributed by atoms with E-state index >= 15 is 0 Å². The molecule has 1 aromatic heterocycles. The average molecular weight is 345 g/mol. The van der Waals surface area contributed by atoms with Crippen LogP contribution in [-0.4, -0.2) is 19.3 Å². The molecule has 23 heavy (non-hydrogen) atoms. The summed E-state index contributed by atoms with van der Waals surface area (Å²) in [6.45, 7) is 0. The van der Waals surface area contributed by atoms with Gasteiger partial charge in [0.1, 0.15) is 5.69 Å². The van der Waals surface area contributed by atoms with Crippen LogP contribution in [0.15, 0.2) is 47.5 Å². The molecule has 3 N–H and O–H groups in total. The molecule has 6 nitrogen and oxygen atoms in total. The van der Waals surface area contributed by atoms with Gasteiger partial charge in [-0.1, -0.05) is 0 Å². The number of nitrogens with zero attached hydrogens (tertiary/aromatic N) is 1. The Balaban J connectivity index is 2.13. The molecule has 0 radical (unpaired) electrons. The molecule has 0 aliphatic carbocycles. The number of rotatable bonds is 3. The summed E-state index contributed by atoms with van der Waals surface area (Å²) >= 11 is 0. The number of nitrogens with two attached hydrogens (primary N) is 1. The molecule has 2 aromatic rings. The summed E-state index contributed by atoms with van der Waals surface area (Å²) in [5.41, 5.74) is -0.928. The highest BCUT2D eigenvalue weighted by atomic mass is 32.2. The summed E-state index contributed by atoms with van der Waals surface area (Å²) in [4.78, 5) is 14.9. The first-order chi connectivity index (χ1) is 10.6. The van der Waals surface area contributed by atoms with Gasteiger partial charge in [-0.05, 0) is 36.4 Å². The van der Waals surface area contributed by atoms with E-state index in [-0.39, 0.29) is 16.1 Å². The Labute approximate surface area is 129 Å². The first-order valence-corrected chi connectivity index (χ1v) is 7.59. The minimum atomic E-state index is -4.58. The van der Waals surface area contributed by atoms with Crippen LogP contribution in [0.3, 0.4) is 0 Å². The van der Waals surface area contributed by atoms with Crippen molar-refractivity contribution in [3.05, 3.63) is 53.9 Å². The number of carbonyl (C=O) groups is 1. The van der Waals surface area contributed by atoms with Crippen LogP contribution in [0, 0.1) is 0 Å². The summed E-state index contributed by atoms with van der Waals surface area (Å²) in [5.74, 6) is -0.686. The molecule has 0 saturated heterocycles. The third-order valence-electron chi connectivity index (χ3n) is 2.76. The van der Waals surface area contributed by atoms with E-state index in [2.05, 4.69) is 10.3 Å². The zero-order valence-corrected chi connectivity index (χ0v) is 12.1. The molecule has 0 unspecified atom stereocenters. The van der Waals surface area contributed by atoms with Crippen LogP contribution < -0.4 is 10.5 Å². The van der Waals surface area contributed by atoms with Gasteiger partial charge in [0, 0.05) is 11.9 Å². The number of hydrogen-bond donors (Lipinski definition) is 2. The van der Waals surface area contributed by atoms with Gasteiger partial charge >= 0.3 is 6.18 Å². The lowest BCUT2D eigenvalue weighted by Crippen LogP contribution is -2.15. The van der Waals surface area contributed by atoms with Gasteiger partial charge in [0.15, 0.2) is 0 Å². The molecule has 10 heteroatoms. The van der Waals surface area contributed by atoms with Crippen LogP contribution in [0.25, 0.3) is 0 Å². The second-order valence-corrected chi connectivity index (χ2v) is 6.01. The first kappa shape index (κ1) is 16.9. The smallest absolute Gasteiger partial charge is 0.322 e. The Kier molecular flexibility index (Phi) is 4.39. The largest absolute Gasteiger partial charge is 0.433 e. The Hall–Kier alpha value is -2.46. The highest BCUT2D eigenvalue weighted by molar-refractivity contribution is 7.89. The third kappa shape index (κ3) is 4.27. The van der Waals surface area contributed by atoms with E-state index in [1.54, 1.807) is 0 Å². The number of pyridine rings is 1. The molecule has 0 aliphatic rings. The van der Waals surface area contributed by atoms with Crippen molar-refractivity contribution in [2.24, 2.45) is 5.14 Å². The fourth-order valence-corrected chi connectivity index (χ4v) is 2.14. The highest BCUT2D eigenvalue weighted by Gasteiger charge is 2.32. The van der Waals surface area contributed by atoms with Gasteiger partial charge < -0.3 is 5.32 Å². The van der Waals surface area contributed by atoms with E-state index < -0.39 is 27.8 Å². The molecule has 2 rings (SSSR count). The van der Waals surface area contributed by atoms with Crippen molar-refractivity contribution in [2.45, 2.75) is 11.1 Å². The number of halogens is 3. The van der Waals surface area contributed by atoms with Crippen molar-refractivity contribution in [3.8, 4) is 0 Å². The van der Waals surface area contributed by atoms with Gasteiger partial charge in [-0.15, -0.1) is 0 Å². The maximum atomic E-state index is 12.4. The zero-order chi connectivity index (χ0) is 17.3. The number of alkyl halides is 3. The first-order valence-electron chi connectivity index (χ1n) is 6.05. The van der Waals surface area contributed by atoms with E-state index in [0.717, 1.165) is 12.3 Å². The monoisotopic (exact) mass is 345 g/mol. The maximum Gasteiger partial charge on any atom is 0.433 e. The molecular weight excluding hydrogens is 335 g/mol. The zero-order valence-electron chi connectivity index (χ0n) is 11.3. The summed E-state index contributed by atoms with van der Waals surface area (Å²) in [6, 6.07) is 6.67. The number of anilines is 1. The van der Waals surface area contributed by atoms with E-state index in [1.807, 2.05) is 0 Å². The Morgan fingerprint density at radius 2 is 1.70 bits per heavy atom. The number of amides is 1.